The largest absolute Gasteiger partial charge is 0.548 e. The summed E-state index contributed by atoms with van der Waals surface area (Å²) in [5.41, 5.74) is 0.492. The van der Waals surface area contributed by atoms with E-state index in [1.165, 1.54) is 18.6 Å². The summed E-state index contributed by atoms with van der Waals surface area (Å²) in [7, 11) is -1.36. The third-order valence-electron chi connectivity index (χ3n) is 2.37. The summed E-state index contributed by atoms with van der Waals surface area (Å²) < 4.78 is 5.97. The van der Waals surface area contributed by atoms with Gasteiger partial charge in [-0.25, -0.2) is 0 Å². The molecule has 0 fully saturated rings. The monoisotopic (exact) mass is 198 g/mol. The lowest BCUT2D eigenvalue weighted by molar-refractivity contribution is 0.276. The molecule has 0 bridgehead atoms. The average Bonchev–Trinajstić information content (AvgIpc) is 1.91. The van der Waals surface area contributed by atoms with Crippen LogP contribution in [-0.4, -0.2) is 8.32 Å². The third-order valence-corrected chi connectivity index (χ3v) is 3.24. The maximum absolute atomic E-state index is 5.97. The molecule has 0 amide bonds. The van der Waals surface area contributed by atoms with Gasteiger partial charge in [0.1, 0.15) is 0 Å². The minimum absolute atomic E-state index is 0.492. The van der Waals surface area contributed by atoms with Crippen LogP contribution in [0.1, 0.15) is 33.1 Å². The highest BCUT2D eigenvalue weighted by Crippen LogP contribution is 2.35. The molecule has 76 valence electrons. The van der Waals surface area contributed by atoms with E-state index < -0.39 is 8.32 Å². The Morgan fingerprint density at radius 2 is 1.92 bits per heavy atom. The van der Waals surface area contributed by atoms with Gasteiger partial charge < -0.3 is 4.43 Å². The van der Waals surface area contributed by atoms with Crippen molar-refractivity contribution in [1.29, 1.82) is 0 Å². The van der Waals surface area contributed by atoms with Crippen LogP contribution in [0.3, 0.4) is 0 Å². The van der Waals surface area contributed by atoms with E-state index in [1.54, 1.807) is 0 Å². The van der Waals surface area contributed by atoms with Gasteiger partial charge in [-0.3, -0.25) is 0 Å². The zero-order valence-corrected chi connectivity index (χ0v) is 10.6. The molecule has 0 aromatic rings. The smallest absolute Gasteiger partial charge is 0.241 e. The lowest BCUT2D eigenvalue weighted by Crippen LogP contribution is -2.27. The van der Waals surface area contributed by atoms with Crippen LogP contribution in [0.25, 0.3) is 0 Å². The summed E-state index contributed by atoms with van der Waals surface area (Å²) >= 11 is 0. The van der Waals surface area contributed by atoms with Crippen LogP contribution in [0.2, 0.25) is 19.6 Å². The Kier molecular flexibility index (Phi) is 2.90. The van der Waals surface area contributed by atoms with E-state index in [4.69, 9.17) is 4.43 Å². The zero-order chi connectivity index (χ0) is 10.1. The number of hydrogen-bond acceptors (Lipinski definition) is 1. The molecule has 1 aliphatic rings. The first-order chi connectivity index (χ1) is 5.79. The Morgan fingerprint density at radius 3 is 2.31 bits per heavy atom. The molecule has 0 aromatic heterocycles. The first-order valence-corrected chi connectivity index (χ1v) is 8.57. The number of rotatable bonds is 2. The Morgan fingerprint density at radius 1 is 1.31 bits per heavy atom. The molecule has 2 heteroatoms. The summed E-state index contributed by atoms with van der Waals surface area (Å²) in [4.78, 5) is 0. The molecule has 0 atom stereocenters. The molecule has 13 heavy (non-hydrogen) atoms. The Balaban J connectivity index is 2.52. The minimum Gasteiger partial charge on any atom is -0.548 e. The minimum atomic E-state index is -1.36. The predicted octanol–water partition coefficient (Wildman–Crippen LogP) is 3.93. The SMILES string of the molecule is CC1(C)CC=C(O[Si](C)(C)C)CC1. The van der Waals surface area contributed by atoms with Gasteiger partial charge >= 0.3 is 0 Å². The average molecular weight is 198 g/mol. The van der Waals surface area contributed by atoms with Gasteiger partial charge in [-0.05, 0) is 44.0 Å². The van der Waals surface area contributed by atoms with Gasteiger partial charge in [-0.2, -0.15) is 0 Å². The maximum atomic E-state index is 5.97. The normalized spacial score (nSPS) is 22.4. The van der Waals surface area contributed by atoms with Gasteiger partial charge in [-0.15, -0.1) is 0 Å². The van der Waals surface area contributed by atoms with Crippen molar-refractivity contribution in [3.8, 4) is 0 Å². The van der Waals surface area contributed by atoms with Crippen LogP contribution < -0.4 is 0 Å². The second kappa shape index (κ2) is 3.49. The maximum Gasteiger partial charge on any atom is 0.241 e. The fraction of sp³-hybridized carbons (Fsp3) is 0.818. The molecular formula is C11H22OSi. The summed E-state index contributed by atoms with van der Waals surface area (Å²) in [6, 6.07) is 0. The van der Waals surface area contributed by atoms with Crippen molar-refractivity contribution < 1.29 is 4.43 Å². The highest BCUT2D eigenvalue weighted by molar-refractivity contribution is 6.70. The van der Waals surface area contributed by atoms with Crippen molar-refractivity contribution >= 4 is 8.32 Å². The summed E-state index contributed by atoms with van der Waals surface area (Å²) in [5.74, 6) is 1.25. The van der Waals surface area contributed by atoms with Crippen LogP contribution in [0.5, 0.6) is 0 Å². The molecule has 1 nitrogen and oxygen atoms in total. The lowest BCUT2D eigenvalue weighted by Gasteiger charge is -2.31. The summed E-state index contributed by atoms with van der Waals surface area (Å²) in [6.07, 6.45) is 5.87. The van der Waals surface area contributed by atoms with Crippen LogP contribution >= 0.6 is 0 Å². The Bertz CT molecular complexity index is 211. The summed E-state index contributed by atoms with van der Waals surface area (Å²) in [5, 5.41) is 0. The Hall–Kier alpha value is -0.243. The molecule has 0 radical (unpaired) electrons. The molecule has 1 rings (SSSR count). The van der Waals surface area contributed by atoms with Crippen molar-refractivity contribution in [2.75, 3.05) is 0 Å². The predicted molar refractivity (Wildman–Crippen MR) is 60.1 cm³/mol. The topological polar surface area (TPSA) is 9.23 Å². The van der Waals surface area contributed by atoms with E-state index in [1.807, 2.05) is 0 Å². The zero-order valence-electron chi connectivity index (χ0n) is 9.61. The second-order valence-corrected chi connectivity index (χ2v) is 10.2. The molecule has 0 aromatic carbocycles. The molecule has 0 unspecified atom stereocenters. The fourth-order valence-corrected chi connectivity index (χ4v) is 2.51. The van der Waals surface area contributed by atoms with Gasteiger partial charge in [0.2, 0.25) is 8.32 Å². The Labute approximate surface area is 83.3 Å². The van der Waals surface area contributed by atoms with Crippen molar-refractivity contribution in [2.24, 2.45) is 5.41 Å². The molecule has 0 saturated carbocycles. The van der Waals surface area contributed by atoms with Crippen molar-refractivity contribution in [1.82, 2.24) is 0 Å². The van der Waals surface area contributed by atoms with Crippen LogP contribution in [0.4, 0.5) is 0 Å². The highest BCUT2D eigenvalue weighted by atomic mass is 28.4. The molecule has 0 aliphatic heterocycles. The third kappa shape index (κ3) is 3.99. The quantitative estimate of drug-likeness (QED) is 0.611. The van der Waals surface area contributed by atoms with E-state index in [-0.39, 0.29) is 0 Å². The summed E-state index contributed by atoms with van der Waals surface area (Å²) in [6.45, 7) is 11.4. The molecule has 0 heterocycles. The van der Waals surface area contributed by atoms with Gasteiger partial charge in [-0.1, -0.05) is 13.8 Å². The first kappa shape index (κ1) is 10.8. The number of hydrogen-bond donors (Lipinski definition) is 0. The second-order valence-electron chi connectivity index (χ2n) is 5.75. The number of allylic oxidation sites excluding steroid dienone is 2. The van der Waals surface area contributed by atoms with Gasteiger partial charge in [0.05, 0.1) is 5.76 Å². The molecule has 0 spiro atoms. The van der Waals surface area contributed by atoms with Gasteiger partial charge in [0.15, 0.2) is 0 Å². The van der Waals surface area contributed by atoms with Gasteiger partial charge in [0.25, 0.3) is 0 Å². The van der Waals surface area contributed by atoms with E-state index in [0.717, 1.165) is 6.42 Å². The first-order valence-electron chi connectivity index (χ1n) is 5.17. The van der Waals surface area contributed by atoms with Crippen LogP contribution in [0.15, 0.2) is 11.8 Å². The van der Waals surface area contributed by atoms with E-state index in [2.05, 4.69) is 39.6 Å². The molecule has 0 saturated heterocycles. The van der Waals surface area contributed by atoms with E-state index in [9.17, 15) is 0 Å². The van der Waals surface area contributed by atoms with E-state index >= 15 is 0 Å². The van der Waals surface area contributed by atoms with Crippen LogP contribution in [-0.2, 0) is 4.43 Å². The lowest BCUT2D eigenvalue weighted by atomic mass is 9.80. The fourth-order valence-electron chi connectivity index (χ4n) is 1.54. The molecular weight excluding hydrogens is 176 g/mol. The van der Waals surface area contributed by atoms with E-state index in [0.29, 0.717) is 5.41 Å². The standard InChI is InChI=1S/C11H22OSi/c1-11(2)8-6-10(7-9-11)12-13(3,4)5/h6H,7-9H2,1-5H3. The van der Waals surface area contributed by atoms with Crippen molar-refractivity contribution in [2.45, 2.75) is 52.8 Å². The molecule has 0 N–H and O–H groups in total. The van der Waals surface area contributed by atoms with Gasteiger partial charge in [0, 0.05) is 6.42 Å². The van der Waals surface area contributed by atoms with Crippen molar-refractivity contribution in [3.05, 3.63) is 11.8 Å². The molecule has 1 aliphatic carbocycles. The van der Waals surface area contributed by atoms with Crippen molar-refractivity contribution in [3.63, 3.8) is 0 Å². The highest BCUT2D eigenvalue weighted by Gasteiger charge is 2.25. The van der Waals surface area contributed by atoms with Crippen LogP contribution in [0, 0.1) is 5.41 Å².